The predicted molar refractivity (Wildman–Crippen MR) is 102 cm³/mol. The normalized spacial score (nSPS) is 16.7. The van der Waals surface area contributed by atoms with Crippen LogP contribution in [0.5, 0.6) is 0 Å². The summed E-state index contributed by atoms with van der Waals surface area (Å²) in [6.45, 7) is 1.87. The lowest BCUT2D eigenvalue weighted by Crippen LogP contribution is -2.24. The van der Waals surface area contributed by atoms with Crippen molar-refractivity contribution in [3.63, 3.8) is 0 Å². The van der Waals surface area contributed by atoms with Crippen LogP contribution >= 0.6 is 0 Å². The van der Waals surface area contributed by atoms with Crippen molar-refractivity contribution in [3.05, 3.63) is 35.5 Å². The van der Waals surface area contributed by atoms with Gasteiger partial charge < -0.3 is 14.6 Å². The number of nitrogens with one attached hydrogen (secondary N) is 2. The van der Waals surface area contributed by atoms with Crippen molar-refractivity contribution in [1.29, 1.82) is 0 Å². The molecular weight excluding hydrogens is 328 g/mol. The Hall–Kier alpha value is -2.60. The SMILES string of the molecule is CCC(=O)N(C)c1ccc2cc(-c3n[nH]c4c3CC(OC)CC4)[nH]c2c1. The summed E-state index contributed by atoms with van der Waals surface area (Å²) < 4.78 is 5.55. The first-order valence-electron chi connectivity index (χ1n) is 9.09. The highest BCUT2D eigenvalue weighted by Gasteiger charge is 2.25. The Morgan fingerprint density at radius 2 is 2.23 bits per heavy atom. The van der Waals surface area contributed by atoms with Gasteiger partial charge in [0.2, 0.25) is 5.91 Å². The van der Waals surface area contributed by atoms with Crippen molar-refractivity contribution in [2.75, 3.05) is 19.1 Å². The van der Waals surface area contributed by atoms with Gasteiger partial charge in [-0.3, -0.25) is 9.89 Å². The summed E-state index contributed by atoms with van der Waals surface area (Å²) >= 11 is 0. The largest absolute Gasteiger partial charge is 0.381 e. The fraction of sp³-hybridized carbons (Fsp3) is 0.400. The quantitative estimate of drug-likeness (QED) is 0.755. The Labute approximate surface area is 152 Å². The van der Waals surface area contributed by atoms with Gasteiger partial charge in [0, 0.05) is 54.8 Å². The molecule has 0 saturated carbocycles. The minimum absolute atomic E-state index is 0.100. The molecule has 1 aliphatic carbocycles. The summed E-state index contributed by atoms with van der Waals surface area (Å²) in [4.78, 5) is 17.1. The minimum atomic E-state index is 0.100. The molecule has 136 valence electrons. The molecular formula is C20H24N4O2. The number of aryl methyl sites for hydroxylation is 1. The fourth-order valence-corrected chi connectivity index (χ4v) is 3.72. The lowest BCUT2D eigenvalue weighted by molar-refractivity contribution is -0.118. The number of aromatic nitrogens is 3. The van der Waals surface area contributed by atoms with E-state index in [-0.39, 0.29) is 12.0 Å². The Balaban J connectivity index is 1.71. The standard InChI is InChI=1S/C20H24N4O2/c1-4-19(25)24(2)13-6-5-12-9-18(21-17(12)10-13)20-15-11-14(26-3)7-8-16(15)22-23-20/h5-6,9-10,14,21H,4,7-8,11H2,1-3H3,(H,22,23). The van der Waals surface area contributed by atoms with Crippen LogP contribution in [-0.2, 0) is 22.4 Å². The van der Waals surface area contributed by atoms with Crippen LogP contribution in [0.25, 0.3) is 22.3 Å². The van der Waals surface area contributed by atoms with Crippen molar-refractivity contribution in [1.82, 2.24) is 15.2 Å². The highest BCUT2D eigenvalue weighted by Crippen LogP contribution is 2.32. The number of benzene rings is 1. The molecule has 2 heterocycles. The van der Waals surface area contributed by atoms with Gasteiger partial charge in [-0.2, -0.15) is 5.10 Å². The van der Waals surface area contributed by atoms with Crippen molar-refractivity contribution in [2.24, 2.45) is 0 Å². The summed E-state index contributed by atoms with van der Waals surface area (Å²) in [6.07, 6.45) is 3.62. The number of aromatic amines is 2. The van der Waals surface area contributed by atoms with E-state index in [1.54, 1.807) is 12.0 Å². The molecule has 0 aliphatic heterocycles. The summed E-state index contributed by atoms with van der Waals surface area (Å²) in [6, 6.07) is 8.16. The molecule has 0 fully saturated rings. The number of hydrogen-bond acceptors (Lipinski definition) is 3. The van der Waals surface area contributed by atoms with Gasteiger partial charge in [-0.1, -0.05) is 13.0 Å². The molecule has 1 aliphatic rings. The van der Waals surface area contributed by atoms with Gasteiger partial charge in [0.15, 0.2) is 0 Å². The number of amides is 1. The smallest absolute Gasteiger partial charge is 0.226 e. The first-order valence-corrected chi connectivity index (χ1v) is 9.09. The zero-order valence-electron chi connectivity index (χ0n) is 15.4. The number of ether oxygens (including phenoxy) is 1. The third kappa shape index (κ3) is 2.80. The van der Waals surface area contributed by atoms with Gasteiger partial charge in [-0.15, -0.1) is 0 Å². The van der Waals surface area contributed by atoms with Gasteiger partial charge in [0.1, 0.15) is 5.69 Å². The van der Waals surface area contributed by atoms with E-state index >= 15 is 0 Å². The van der Waals surface area contributed by atoms with E-state index < -0.39 is 0 Å². The number of H-pyrrole nitrogens is 2. The molecule has 1 amide bonds. The molecule has 1 atom stereocenters. The van der Waals surface area contributed by atoms with Gasteiger partial charge >= 0.3 is 0 Å². The molecule has 0 bridgehead atoms. The van der Waals surface area contributed by atoms with Crippen LogP contribution in [0.2, 0.25) is 0 Å². The molecule has 0 saturated heterocycles. The van der Waals surface area contributed by atoms with E-state index in [2.05, 4.69) is 21.2 Å². The van der Waals surface area contributed by atoms with Crippen LogP contribution < -0.4 is 4.90 Å². The van der Waals surface area contributed by atoms with Gasteiger partial charge in [0.05, 0.1) is 11.8 Å². The van der Waals surface area contributed by atoms with Crippen LogP contribution in [0.1, 0.15) is 31.0 Å². The van der Waals surface area contributed by atoms with Crippen molar-refractivity contribution >= 4 is 22.5 Å². The molecule has 2 aromatic heterocycles. The Bertz CT molecular complexity index is 956. The topological polar surface area (TPSA) is 74.0 Å². The summed E-state index contributed by atoms with van der Waals surface area (Å²) in [7, 11) is 3.58. The van der Waals surface area contributed by atoms with Crippen molar-refractivity contribution in [2.45, 2.75) is 38.7 Å². The van der Waals surface area contributed by atoms with E-state index in [9.17, 15) is 4.79 Å². The summed E-state index contributed by atoms with van der Waals surface area (Å²) in [5.41, 5.74) is 6.31. The van der Waals surface area contributed by atoms with E-state index in [0.29, 0.717) is 6.42 Å². The molecule has 0 radical (unpaired) electrons. The molecule has 26 heavy (non-hydrogen) atoms. The lowest BCUT2D eigenvalue weighted by Gasteiger charge is -2.20. The van der Waals surface area contributed by atoms with E-state index in [1.165, 1.54) is 11.3 Å². The second-order valence-corrected chi connectivity index (χ2v) is 6.89. The number of anilines is 1. The van der Waals surface area contributed by atoms with Crippen LogP contribution in [0.4, 0.5) is 5.69 Å². The van der Waals surface area contributed by atoms with Crippen LogP contribution in [0.3, 0.4) is 0 Å². The third-order valence-corrected chi connectivity index (χ3v) is 5.36. The average molecular weight is 352 g/mol. The lowest BCUT2D eigenvalue weighted by atomic mass is 9.92. The number of methoxy groups -OCH3 is 1. The third-order valence-electron chi connectivity index (χ3n) is 5.36. The Morgan fingerprint density at radius 1 is 1.38 bits per heavy atom. The van der Waals surface area contributed by atoms with Crippen molar-refractivity contribution in [3.8, 4) is 11.4 Å². The summed E-state index contributed by atoms with van der Waals surface area (Å²) in [5.74, 6) is 0.100. The van der Waals surface area contributed by atoms with E-state index in [0.717, 1.165) is 47.2 Å². The number of carbonyl (C=O) groups is 1. The molecule has 6 nitrogen and oxygen atoms in total. The van der Waals surface area contributed by atoms with E-state index in [1.807, 2.05) is 32.2 Å². The molecule has 6 heteroatoms. The predicted octanol–water partition coefficient (Wildman–Crippen LogP) is 3.43. The number of rotatable bonds is 4. The molecule has 2 N–H and O–H groups in total. The summed E-state index contributed by atoms with van der Waals surface area (Å²) in [5, 5.41) is 8.85. The Morgan fingerprint density at radius 3 is 3.00 bits per heavy atom. The monoisotopic (exact) mass is 352 g/mol. The Kier molecular flexibility index (Phi) is 4.28. The maximum absolute atomic E-state index is 11.9. The van der Waals surface area contributed by atoms with Crippen molar-refractivity contribution < 1.29 is 9.53 Å². The number of nitrogens with zero attached hydrogens (tertiary/aromatic N) is 2. The molecule has 4 rings (SSSR count). The minimum Gasteiger partial charge on any atom is -0.381 e. The number of carbonyl (C=O) groups excluding carboxylic acids is 1. The van der Waals surface area contributed by atoms with Crippen LogP contribution in [0, 0.1) is 0 Å². The van der Waals surface area contributed by atoms with Crippen LogP contribution in [-0.4, -0.2) is 41.3 Å². The molecule has 1 unspecified atom stereocenters. The fourth-order valence-electron chi connectivity index (χ4n) is 3.72. The molecule has 3 aromatic rings. The number of hydrogen-bond donors (Lipinski definition) is 2. The first-order chi connectivity index (χ1) is 12.6. The van der Waals surface area contributed by atoms with E-state index in [4.69, 9.17) is 4.74 Å². The average Bonchev–Trinajstić information content (AvgIpc) is 3.28. The first kappa shape index (κ1) is 16.8. The number of fused-ring (bicyclic) bond motifs is 2. The zero-order valence-corrected chi connectivity index (χ0v) is 15.4. The second kappa shape index (κ2) is 6.61. The second-order valence-electron chi connectivity index (χ2n) is 6.89. The van der Waals surface area contributed by atoms with Gasteiger partial charge in [-0.25, -0.2) is 0 Å². The zero-order chi connectivity index (χ0) is 18.3. The highest BCUT2D eigenvalue weighted by atomic mass is 16.5. The van der Waals surface area contributed by atoms with Crippen LogP contribution in [0.15, 0.2) is 24.3 Å². The molecule has 1 aromatic carbocycles. The van der Waals surface area contributed by atoms with Gasteiger partial charge in [0.25, 0.3) is 0 Å². The molecule has 0 spiro atoms. The maximum atomic E-state index is 11.9. The maximum Gasteiger partial charge on any atom is 0.226 e. The van der Waals surface area contributed by atoms with Gasteiger partial charge in [-0.05, 0) is 31.0 Å². The highest BCUT2D eigenvalue weighted by molar-refractivity contribution is 5.96.